The van der Waals surface area contributed by atoms with Crippen LogP contribution in [0.3, 0.4) is 0 Å². The fraction of sp³-hybridized carbons (Fsp3) is 0.294. The minimum Gasteiger partial charge on any atom is -0.461 e. The summed E-state index contributed by atoms with van der Waals surface area (Å²) in [5.41, 5.74) is 0. The number of hydrogen-bond donors (Lipinski definition) is 1. The highest BCUT2D eigenvalue weighted by molar-refractivity contribution is 7.99. The first-order valence-electron chi connectivity index (χ1n) is 8.22. The zero-order valence-corrected chi connectivity index (χ0v) is 16.2. The monoisotopic (exact) mass is 406 g/mol. The summed E-state index contributed by atoms with van der Waals surface area (Å²) in [7, 11) is 0. The lowest BCUT2D eigenvalue weighted by atomic mass is 10.4. The molecule has 3 aromatic heterocycles. The molecule has 0 unspecified atom stereocenters. The average Bonchev–Trinajstić information content (AvgIpc) is 3.43. The van der Waals surface area contributed by atoms with Crippen LogP contribution in [-0.2, 0) is 27.4 Å². The summed E-state index contributed by atoms with van der Waals surface area (Å²) in [5, 5.41) is 13.4. The van der Waals surface area contributed by atoms with Crippen LogP contribution in [0.15, 0.2) is 45.5 Å². The van der Waals surface area contributed by atoms with Gasteiger partial charge in [0.2, 0.25) is 0 Å². The Labute approximate surface area is 163 Å². The van der Waals surface area contributed by atoms with Crippen LogP contribution in [-0.4, -0.2) is 39.0 Å². The smallest absolute Gasteiger partial charge is 0.316 e. The third-order valence-corrected chi connectivity index (χ3v) is 5.31. The number of thiophene rings is 1. The Morgan fingerprint density at radius 1 is 1.33 bits per heavy atom. The first-order valence-corrected chi connectivity index (χ1v) is 10.1. The van der Waals surface area contributed by atoms with E-state index in [1.165, 1.54) is 11.8 Å². The molecule has 0 aliphatic rings. The summed E-state index contributed by atoms with van der Waals surface area (Å²) >= 11 is 2.76. The van der Waals surface area contributed by atoms with Gasteiger partial charge in [0, 0.05) is 11.4 Å². The van der Waals surface area contributed by atoms with E-state index < -0.39 is 5.97 Å². The highest BCUT2D eigenvalue weighted by atomic mass is 32.2. The molecule has 27 heavy (non-hydrogen) atoms. The van der Waals surface area contributed by atoms with Gasteiger partial charge in [0.05, 0.1) is 18.6 Å². The number of thioether (sulfide) groups is 1. The number of esters is 1. The minimum atomic E-state index is -0.489. The molecule has 142 valence electrons. The molecule has 3 aromatic rings. The number of nitrogens with zero attached hydrogens (tertiary/aromatic N) is 3. The third-order valence-electron chi connectivity index (χ3n) is 3.50. The van der Waals surface area contributed by atoms with Crippen LogP contribution in [0.2, 0.25) is 0 Å². The fourth-order valence-corrected chi connectivity index (χ4v) is 3.67. The molecule has 0 aliphatic heterocycles. The standard InChI is InChI=1S/C17H18N4O4S2/c1-2-21-16(13-6-3-7-24-13)19-20-17(21)27-11-15(23)25-10-14(22)18-9-12-5-4-8-26-12/h3-8H,2,9-11H2,1H3,(H,18,22). The van der Waals surface area contributed by atoms with Gasteiger partial charge in [-0.15, -0.1) is 21.5 Å². The number of rotatable bonds is 9. The minimum absolute atomic E-state index is 0.0362. The van der Waals surface area contributed by atoms with E-state index >= 15 is 0 Å². The molecule has 10 heteroatoms. The van der Waals surface area contributed by atoms with E-state index in [0.717, 1.165) is 4.88 Å². The molecule has 0 saturated carbocycles. The normalized spacial score (nSPS) is 10.7. The van der Waals surface area contributed by atoms with Crippen molar-refractivity contribution in [3.63, 3.8) is 0 Å². The quantitative estimate of drug-likeness (QED) is 0.431. The maximum Gasteiger partial charge on any atom is 0.316 e. The number of ether oxygens (including phenoxy) is 1. The van der Waals surface area contributed by atoms with Crippen LogP contribution in [0, 0.1) is 0 Å². The predicted octanol–water partition coefficient (Wildman–Crippen LogP) is 2.57. The van der Waals surface area contributed by atoms with E-state index in [4.69, 9.17) is 9.15 Å². The summed E-state index contributed by atoms with van der Waals surface area (Å²) in [6.07, 6.45) is 1.57. The Morgan fingerprint density at radius 2 is 2.22 bits per heavy atom. The van der Waals surface area contributed by atoms with Crippen LogP contribution in [0.1, 0.15) is 11.8 Å². The molecule has 0 radical (unpaired) electrons. The number of furan rings is 1. The van der Waals surface area contributed by atoms with E-state index in [0.29, 0.717) is 29.8 Å². The van der Waals surface area contributed by atoms with Gasteiger partial charge < -0.3 is 14.5 Å². The summed E-state index contributed by atoms with van der Waals surface area (Å²) in [6, 6.07) is 7.41. The second-order valence-corrected chi connectivity index (χ2v) is 7.31. The molecular formula is C17H18N4O4S2. The van der Waals surface area contributed by atoms with E-state index in [1.807, 2.05) is 29.0 Å². The lowest BCUT2D eigenvalue weighted by Crippen LogP contribution is -2.28. The number of nitrogens with one attached hydrogen (secondary N) is 1. The van der Waals surface area contributed by atoms with Gasteiger partial charge >= 0.3 is 5.97 Å². The van der Waals surface area contributed by atoms with E-state index in [2.05, 4.69) is 15.5 Å². The molecular weight excluding hydrogens is 388 g/mol. The zero-order valence-electron chi connectivity index (χ0n) is 14.6. The Balaban J connectivity index is 1.44. The SMILES string of the molecule is CCn1c(SCC(=O)OCC(=O)NCc2cccs2)nnc1-c1ccco1. The number of carbonyl (C=O) groups is 2. The molecule has 0 aliphatic carbocycles. The van der Waals surface area contributed by atoms with Gasteiger partial charge in [-0.2, -0.15) is 0 Å². The van der Waals surface area contributed by atoms with Crippen LogP contribution < -0.4 is 5.32 Å². The number of carbonyl (C=O) groups excluding carboxylic acids is 2. The lowest BCUT2D eigenvalue weighted by Gasteiger charge is -2.07. The highest BCUT2D eigenvalue weighted by Gasteiger charge is 2.17. The molecule has 3 heterocycles. The Morgan fingerprint density at radius 3 is 2.93 bits per heavy atom. The summed E-state index contributed by atoms with van der Waals surface area (Å²) < 4.78 is 12.2. The molecule has 0 atom stereocenters. The van der Waals surface area contributed by atoms with Crippen molar-refractivity contribution in [1.82, 2.24) is 20.1 Å². The van der Waals surface area contributed by atoms with E-state index in [9.17, 15) is 9.59 Å². The molecule has 3 rings (SSSR count). The van der Waals surface area contributed by atoms with Crippen molar-refractivity contribution in [2.75, 3.05) is 12.4 Å². The molecule has 1 N–H and O–H groups in total. The van der Waals surface area contributed by atoms with E-state index in [1.54, 1.807) is 29.7 Å². The molecule has 0 bridgehead atoms. The van der Waals surface area contributed by atoms with Crippen molar-refractivity contribution in [2.45, 2.75) is 25.2 Å². The lowest BCUT2D eigenvalue weighted by molar-refractivity contribution is -0.145. The third kappa shape index (κ3) is 5.20. The molecule has 0 fully saturated rings. The van der Waals surface area contributed by atoms with Gasteiger partial charge in [-0.05, 0) is 30.5 Å². The summed E-state index contributed by atoms with van der Waals surface area (Å²) in [4.78, 5) is 24.7. The first-order chi connectivity index (χ1) is 13.2. The second-order valence-electron chi connectivity index (χ2n) is 5.33. The van der Waals surface area contributed by atoms with E-state index in [-0.39, 0.29) is 18.3 Å². The van der Waals surface area contributed by atoms with Crippen molar-refractivity contribution < 1.29 is 18.7 Å². The Kier molecular flexibility index (Phi) is 6.66. The molecule has 0 saturated heterocycles. The fourth-order valence-electron chi connectivity index (χ4n) is 2.23. The highest BCUT2D eigenvalue weighted by Crippen LogP contribution is 2.24. The van der Waals surface area contributed by atoms with Crippen molar-refractivity contribution >= 4 is 35.0 Å². The molecule has 8 nitrogen and oxygen atoms in total. The van der Waals surface area contributed by atoms with Gasteiger partial charge in [0.1, 0.15) is 0 Å². The second kappa shape index (κ2) is 9.38. The van der Waals surface area contributed by atoms with Crippen LogP contribution in [0.4, 0.5) is 0 Å². The van der Waals surface area contributed by atoms with Crippen molar-refractivity contribution in [2.24, 2.45) is 0 Å². The Hall–Kier alpha value is -2.59. The van der Waals surface area contributed by atoms with Gasteiger partial charge in [0.15, 0.2) is 23.3 Å². The van der Waals surface area contributed by atoms with Crippen molar-refractivity contribution in [3.05, 3.63) is 40.8 Å². The van der Waals surface area contributed by atoms with Crippen LogP contribution in [0.5, 0.6) is 0 Å². The molecule has 0 spiro atoms. The number of amides is 1. The van der Waals surface area contributed by atoms with Crippen LogP contribution in [0.25, 0.3) is 11.6 Å². The predicted molar refractivity (Wildman–Crippen MR) is 101 cm³/mol. The molecule has 1 amide bonds. The zero-order chi connectivity index (χ0) is 19.1. The largest absolute Gasteiger partial charge is 0.461 e. The summed E-state index contributed by atoms with van der Waals surface area (Å²) in [6.45, 7) is 2.71. The average molecular weight is 406 g/mol. The Bertz CT molecular complexity index is 875. The van der Waals surface area contributed by atoms with Gasteiger partial charge in [-0.3, -0.25) is 14.2 Å². The first kappa shape index (κ1) is 19.2. The number of aromatic nitrogens is 3. The van der Waals surface area contributed by atoms with Crippen molar-refractivity contribution in [1.29, 1.82) is 0 Å². The van der Waals surface area contributed by atoms with Gasteiger partial charge in [-0.1, -0.05) is 17.8 Å². The van der Waals surface area contributed by atoms with Gasteiger partial charge in [-0.25, -0.2) is 0 Å². The maximum atomic E-state index is 11.9. The molecule has 0 aromatic carbocycles. The number of hydrogen-bond acceptors (Lipinski definition) is 8. The van der Waals surface area contributed by atoms with Gasteiger partial charge in [0.25, 0.3) is 5.91 Å². The summed E-state index contributed by atoms with van der Waals surface area (Å²) in [5.74, 6) is 0.427. The van der Waals surface area contributed by atoms with Crippen molar-refractivity contribution in [3.8, 4) is 11.6 Å². The maximum absolute atomic E-state index is 11.9. The topological polar surface area (TPSA) is 99.2 Å². The van der Waals surface area contributed by atoms with Crippen LogP contribution >= 0.6 is 23.1 Å².